The molecule has 1 aromatic rings. The molecule has 0 bridgehead atoms. The van der Waals surface area contributed by atoms with Crippen molar-refractivity contribution in [3.8, 4) is 5.75 Å². The summed E-state index contributed by atoms with van der Waals surface area (Å²) in [6, 6.07) is 0.909. The van der Waals surface area contributed by atoms with Gasteiger partial charge in [-0.15, -0.1) is 13.2 Å². The first-order valence-corrected chi connectivity index (χ1v) is 7.41. The number of aliphatic imine (C=N–C) groups is 1. The van der Waals surface area contributed by atoms with E-state index >= 15 is 0 Å². The number of nitrogens with zero attached hydrogens (tertiary/aromatic N) is 1. The monoisotopic (exact) mass is 398 g/mol. The first kappa shape index (κ1) is 20.5. The third kappa shape index (κ3) is 4.89. The van der Waals surface area contributed by atoms with Crippen LogP contribution in [0.1, 0.15) is 18.5 Å². The number of alkyl halides is 6. The van der Waals surface area contributed by atoms with Gasteiger partial charge in [-0.2, -0.15) is 18.2 Å². The highest BCUT2D eigenvalue weighted by Gasteiger charge is 2.52. The van der Waals surface area contributed by atoms with Gasteiger partial charge in [0.2, 0.25) is 0 Å². The zero-order valence-corrected chi connectivity index (χ0v) is 13.5. The van der Waals surface area contributed by atoms with Crippen LogP contribution in [0.15, 0.2) is 29.3 Å². The maximum atomic E-state index is 13.3. The van der Waals surface area contributed by atoms with E-state index < -0.39 is 53.5 Å². The Labute approximate surface area is 148 Å². The molecule has 0 spiro atoms. The summed E-state index contributed by atoms with van der Waals surface area (Å²) in [6.45, 7) is 1.04. The maximum absolute atomic E-state index is 13.3. The summed E-state index contributed by atoms with van der Waals surface area (Å²) in [7, 11) is 0. The highest BCUT2D eigenvalue weighted by Crippen LogP contribution is 2.39. The van der Waals surface area contributed by atoms with Gasteiger partial charge in [0.05, 0.1) is 12.6 Å². The lowest BCUT2D eigenvalue weighted by Crippen LogP contribution is -2.50. The number of hydrogen-bond donors (Lipinski definition) is 1. The Bertz CT molecular complexity index is 759. The van der Waals surface area contributed by atoms with E-state index in [9.17, 15) is 35.9 Å². The van der Waals surface area contributed by atoms with Gasteiger partial charge >= 0.3 is 24.5 Å². The van der Waals surface area contributed by atoms with Gasteiger partial charge in [-0.25, -0.2) is 4.79 Å². The Morgan fingerprint density at radius 1 is 1.19 bits per heavy atom. The quantitative estimate of drug-likeness (QED) is 0.622. The zero-order chi connectivity index (χ0) is 20.4. The summed E-state index contributed by atoms with van der Waals surface area (Å²) >= 11 is 0. The molecule has 1 N–H and O–H groups in total. The second-order valence-electron chi connectivity index (χ2n) is 5.24. The van der Waals surface area contributed by atoms with E-state index in [4.69, 9.17) is 0 Å². The average Bonchev–Trinajstić information content (AvgIpc) is 2.52. The number of para-hydroxylation sites is 1. The Balaban J connectivity index is 2.59. The third-order valence-electron chi connectivity index (χ3n) is 3.44. The molecule has 27 heavy (non-hydrogen) atoms. The van der Waals surface area contributed by atoms with Crippen LogP contribution in [0.25, 0.3) is 0 Å². The summed E-state index contributed by atoms with van der Waals surface area (Å²) in [6.07, 6.45) is -10.3. The smallest absolute Gasteiger partial charge is 0.465 e. The molecule has 1 heterocycles. The molecule has 148 valence electrons. The number of amides is 2. The topological polar surface area (TPSA) is 77.0 Å². The highest BCUT2D eigenvalue weighted by molar-refractivity contribution is 6.11. The number of urea groups is 1. The molecule has 2 unspecified atom stereocenters. The summed E-state index contributed by atoms with van der Waals surface area (Å²) in [5, 5.41) is 1.98. The number of carbonyl (C=O) groups excluding carboxylic acids is 2. The van der Waals surface area contributed by atoms with E-state index in [0.717, 1.165) is 18.2 Å². The van der Waals surface area contributed by atoms with Crippen LogP contribution in [-0.2, 0) is 9.53 Å². The summed E-state index contributed by atoms with van der Waals surface area (Å²) in [5.74, 6) is -4.48. The van der Waals surface area contributed by atoms with Crippen LogP contribution < -0.4 is 10.1 Å². The molecule has 2 rings (SSSR count). The summed E-state index contributed by atoms with van der Waals surface area (Å²) in [5.41, 5.74) is -2.26. The lowest BCUT2D eigenvalue weighted by atomic mass is 9.87. The molecular formula is C15H12F6N2O4. The van der Waals surface area contributed by atoms with E-state index in [-0.39, 0.29) is 6.61 Å². The van der Waals surface area contributed by atoms with Crippen LogP contribution in [0.4, 0.5) is 31.1 Å². The second kappa shape index (κ2) is 7.45. The van der Waals surface area contributed by atoms with Gasteiger partial charge in [0, 0.05) is 5.56 Å². The molecule has 0 saturated carbocycles. The fourth-order valence-corrected chi connectivity index (χ4v) is 2.52. The predicted molar refractivity (Wildman–Crippen MR) is 78.0 cm³/mol. The van der Waals surface area contributed by atoms with Crippen molar-refractivity contribution in [3.63, 3.8) is 0 Å². The minimum absolute atomic E-state index is 0.290. The number of hydrogen-bond acceptors (Lipinski definition) is 4. The number of nitrogens with one attached hydrogen (secondary N) is 1. The van der Waals surface area contributed by atoms with Crippen LogP contribution in [-0.4, -0.2) is 36.9 Å². The molecule has 0 saturated heterocycles. The van der Waals surface area contributed by atoms with Gasteiger partial charge < -0.3 is 14.8 Å². The molecule has 2 amide bonds. The minimum Gasteiger partial charge on any atom is -0.465 e. The lowest BCUT2D eigenvalue weighted by molar-refractivity contribution is -0.275. The number of rotatable bonds is 4. The molecule has 12 heteroatoms. The summed E-state index contributed by atoms with van der Waals surface area (Å²) in [4.78, 5) is 26.5. The molecule has 0 fully saturated rings. The van der Waals surface area contributed by atoms with Crippen molar-refractivity contribution in [1.29, 1.82) is 0 Å². The highest BCUT2D eigenvalue weighted by atomic mass is 19.4. The third-order valence-corrected chi connectivity index (χ3v) is 3.44. The van der Waals surface area contributed by atoms with Crippen molar-refractivity contribution in [2.45, 2.75) is 25.5 Å². The molecule has 1 aliphatic heterocycles. The van der Waals surface area contributed by atoms with E-state index in [1.807, 2.05) is 5.32 Å². The minimum atomic E-state index is -5.19. The van der Waals surface area contributed by atoms with E-state index in [0.29, 0.717) is 0 Å². The standard InChI is InChI=1S/C15H12F6N2O4/c1-2-26-12(24)9-10(22-13(25)23-11(9)14(16,17)18)7-5-3-4-6-8(7)27-15(19,20)21/h3-6,9-10H,2H2,1H3,(H,22,25). The molecule has 0 aliphatic carbocycles. The van der Waals surface area contributed by atoms with Crippen LogP contribution in [0, 0.1) is 5.92 Å². The van der Waals surface area contributed by atoms with Gasteiger partial charge in [-0.1, -0.05) is 18.2 Å². The number of carbonyl (C=O) groups is 2. The van der Waals surface area contributed by atoms with Gasteiger partial charge in [0.25, 0.3) is 0 Å². The molecule has 1 aliphatic rings. The van der Waals surface area contributed by atoms with Crippen molar-refractivity contribution in [3.05, 3.63) is 29.8 Å². The average molecular weight is 398 g/mol. The number of esters is 1. The molecule has 0 aromatic heterocycles. The van der Waals surface area contributed by atoms with E-state index in [2.05, 4.69) is 14.5 Å². The summed E-state index contributed by atoms with van der Waals surface area (Å²) < 4.78 is 86.1. The van der Waals surface area contributed by atoms with E-state index in [1.54, 1.807) is 0 Å². The molecular weight excluding hydrogens is 386 g/mol. The first-order valence-electron chi connectivity index (χ1n) is 7.41. The van der Waals surface area contributed by atoms with Gasteiger partial charge in [-0.05, 0) is 13.0 Å². The first-order chi connectivity index (χ1) is 12.4. The second-order valence-corrected chi connectivity index (χ2v) is 5.24. The van der Waals surface area contributed by atoms with Crippen LogP contribution in [0.2, 0.25) is 0 Å². The van der Waals surface area contributed by atoms with Crippen LogP contribution in [0.3, 0.4) is 0 Å². The fourth-order valence-electron chi connectivity index (χ4n) is 2.52. The zero-order valence-electron chi connectivity index (χ0n) is 13.5. The van der Waals surface area contributed by atoms with Crippen LogP contribution >= 0.6 is 0 Å². The lowest BCUT2D eigenvalue weighted by Gasteiger charge is -2.32. The fraction of sp³-hybridized carbons (Fsp3) is 0.400. The molecule has 0 radical (unpaired) electrons. The molecule has 6 nitrogen and oxygen atoms in total. The number of benzene rings is 1. The number of halogens is 6. The Kier molecular flexibility index (Phi) is 5.66. The SMILES string of the molecule is CCOC(=O)C1C(C(F)(F)F)=NC(=O)NC1c1ccccc1OC(F)(F)F. The van der Waals surface area contributed by atoms with Crippen molar-refractivity contribution in [2.75, 3.05) is 6.61 Å². The Hall–Kier alpha value is -2.79. The van der Waals surface area contributed by atoms with Gasteiger partial charge in [0.15, 0.2) is 0 Å². The number of ether oxygens (including phenoxy) is 2. The maximum Gasteiger partial charge on any atom is 0.573 e. The van der Waals surface area contributed by atoms with Gasteiger partial charge in [0.1, 0.15) is 17.4 Å². The largest absolute Gasteiger partial charge is 0.573 e. The van der Waals surface area contributed by atoms with Gasteiger partial charge in [-0.3, -0.25) is 4.79 Å². The normalized spacial score (nSPS) is 20.6. The molecule has 2 atom stereocenters. The predicted octanol–water partition coefficient (Wildman–Crippen LogP) is 3.53. The van der Waals surface area contributed by atoms with Crippen molar-refractivity contribution in [2.24, 2.45) is 10.9 Å². The van der Waals surface area contributed by atoms with E-state index in [1.165, 1.54) is 13.0 Å². The van der Waals surface area contributed by atoms with Crippen molar-refractivity contribution in [1.82, 2.24) is 5.32 Å². The molecule has 1 aromatic carbocycles. The Morgan fingerprint density at radius 2 is 1.81 bits per heavy atom. The van der Waals surface area contributed by atoms with Crippen LogP contribution in [0.5, 0.6) is 5.75 Å². The van der Waals surface area contributed by atoms with Crippen molar-refractivity contribution >= 4 is 17.7 Å². The van der Waals surface area contributed by atoms with Crippen molar-refractivity contribution < 1.29 is 45.4 Å². The Morgan fingerprint density at radius 3 is 2.37 bits per heavy atom.